The van der Waals surface area contributed by atoms with Crippen LogP contribution in [0.15, 0.2) is 52.9 Å². The molecule has 122 valence electrons. The number of rotatable bonds is 3. The maximum atomic E-state index is 12.8. The number of para-hydroxylation sites is 1. The number of imide groups is 1. The minimum absolute atomic E-state index is 0.0321. The van der Waals surface area contributed by atoms with E-state index in [-0.39, 0.29) is 5.76 Å². The number of fused-ring (bicyclic) bond motifs is 1. The van der Waals surface area contributed by atoms with Gasteiger partial charge in [-0.15, -0.1) is 0 Å². The summed E-state index contributed by atoms with van der Waals surface area (Å²) in [5.74, 6) is -0.429. The second-order valence-electron chi connectivity index (χ2n) is 5.09. The lowest BCUT2D eigenvalue weighted by Crippen LogP contribution is -2.35. The molecule has 0 aliphatic rings. The van der Waals surface area contributed by atoms with Gasteiger partial charge in [-0.05, 0) is 24.3 Å². The summed E-state index contributed by atoms with van der Waals surface area (Å²) in [5, 5.41) is 0.959. The third-order valence-electron chi connectivity index (χ3n) is 3.56. The molecular formula is C18H14ClNO4. The molecule has 0 saturated heterocycles. The molecule has 0 bridgehead atoms. The van der Waals surface area contributed by atoms with Gasteiger partial charge in [0.1, 0.15) is 11.3 Å². The fraction of sp³-hybridized carbons (Fsp3) is 0.111. The number of methoxy groups -OCH3 is 1. The number of benzene rings is 2. The Balaban J connectivity index is 2.09. The highest BCUT2D eigenvalue weighted by Crippen LogP contribution is 2.31. The van der Waals surface area contributed by atoms with Crippen LogP contribution >= 0.6 is 11.6 Å². The molecule has 0 spiro atoms. The third-order valence-corrected chi connectivity index (χ3v) is 3.88. The highest BCUT2D eigenvalue weighted by Gasteiger charge is 2.27. The number of hydrogen-bond donors (Lipinski definition) is 0. The van der Waals surface area contributed by atoms with E-state index in [1.165, 1.54) is 14.0 Å². The van der Waals surface area contributed by atoms with Crippen molar-refractivity contribution in [3.05, 3.63) is 59.3 Å². The summed E-state index contributed by atoms with van der Waals surface area (Å²) < 4.78 is 10.9. The Bertz CT molecular complexity index is 932. The van der Waals surface area contributed by atoms with Crippen molar-refractivity contribution in [1.29, 1.82) is 0 Å². The van der Waals surface area contributed by atoms with Crippen LogP contribution in [0.1, 0.15) is 17.5 Å². The van der Waals surface area contributed by atoms with E-state index in [1.54, 1.807) is 48.5 Å². The van der Waals surface area contributed by atoms with Crippen LogP contribution in [0.5, 0.6) is 5.75 Å². The Morgan fingerprint density at radius 1 is 1.12 bits per heavy atom. The van der Waals surface area contributed by atoms with E-state index in [1.807, 2.05) is 0 Å². The van der Waals surface area contributed by atoms with Crippen molar-refractivity contribution in [3.8, 4) is 5.75 Å². The lowest BCUT2D eigenvalue weighted by Gasteiger charge is -2.19. The summed E-state index contributed by atoms with van der Waals surface area (Å²) in [6.45, 7) is 1.30. The predicted octanol–water partition coefficient (Wildman–Crippen LogP) is 4.29. The Morgan fingerprint density at radius 3 is 2.54 bits per heavy atom. The van der Waals surface area contributed by atoms with Crippen LogP contribution < -0.4 is 9.64 Å². The van der Waals surface area contributed by atoms with Crippen molar-refractivity contribution in [2.45, 2.75) is 6.92 Å². The minimum atomic E-state index is -0.589. The van der Waals surface area contributed by atoms with Crippen molar-refractivity contribution in [2.75, 3.05) is 12.0 Å². The highest BCUT2D eigenvalue weighted by atomic mass is 35.5. The molecule has 0 saturated carbocycles. The lowest BCUT2D eigenvalue weighted by molar-refractivity contribution is -0.116. The second-order valence-corrected chi connectivity index (χ2v) is 5.50. The number of carbonyl (C=O) groups is 2. The van der Waals surface area contributed by atoms with E-state index < -0.39 is 11.8 Å². The van der Waals surface area contributed by atoms with E-state index in [9.17, 15) is 9.59 Å². The Labute approximate surface area is 143 Å². The average molecular weight is 344 g/mol. The van der Waals surface area contributed by atoms with Crippen molar-refractivity contribution in [3.63, 3.8) is 0 Å². The summed E-state index contributed by atoms with van der Waals surface area (Å²) >= 11 is 6.12. The quantitative estimate of drug-likeness (QED) is 0.711. The van der Waals surface area contributed by atoms with Gasteiger partial charge in [0.25, 0.3) is 0 Å². The second kappa shape index (κ2) is 6.37. The maximum absolute atomic E-state index is 12.8. The summed E-state index contributed by atoms with van der Waals surface area (Å²) in [6, 6.07) is 13.4. The average Bonchev–Trinajstić information content (AvgIpc) is 3.00. The zero-order valence-electron chi connectivity index (χ0n) is 13.1. The Morgan fingerprint density at radius 2 is 1.88 bits per heavy atom. The summed E-state index contributed by atoms with van der Waals surface area (Å²) in [5.41, 5.74) is 0.810. The first kappa shape index (κ1) is 16.1. The molecule has 0 radical (unpaired) electrons. The Kier molecular flexibility index (Phi) is 4.27. The zero-order valence-corrected chi connectivity index (χ0v) is 13.8. The molecule has 0 unspecified atom stereocenters. The monoisotopic (exact) mass is 343 g/mol. The highest BCUT2D eigenvalue weighted by molar-refractivity contribution is 6.35. The van der Waals surface area contributed by atoms with Gasteiger partial charge in [0.05, 0.1) is 23.2 Å². The largest absolute Gasteiger partial charge is 0.496 e. The van der Waals surface area contributed by atoms with Gasteiger partial charge >= 0.3 is 5.91 Å². The molecular weight excluding hydrogens is 330 g/mol. The fourth-order valence-corrected chi connectivity index (χ4v) is 2.70. The molecule has 5 nitrogen and oxygen atoms in total. The molecule has 0 N–H and O–H groups in total. The molecule has 1 aromatic heterocycles. The topological polar surface area (TPSA) is 59.8 Å². The van der Waals surface area contributed by atoms with E-state index >= 15 is 0 Å². The number of anilines is 1. The van der Waals surface area contributed by atoms with Crippen LogP contribution in [0.3, 0.4) is 0 Å². The predicted molar refractivity (Wildman–Crippen MR) is 91.7 cm³/mol. The summed E-state index contributed by atoms with van der Waals surface area (Å²) in [4.78, 5) is 25.8. The van der Waals surface area contributed by atoms with Gasteiger partial charge in [-0.3, -0.25) is 9.59 Å². The summed E-state index contributed by atoms with van der Waals surface area (Å²) in [7, 11) is 1.54. The van der Waals surface area contributed by atoms with Crippen LogP contribution in [0.4, 0.5) is 5.69 Å². The Hall–Kier alpha value is -2.79. The van der Waals surface area contributed by atoms with E-state index in [0.29, 0.717) is 27.4 Å². The van der Waals surface area contributed by atoms with Crippen LogP contribution in [0.2, 0.25) is 5.02 Å². The molecule has 1 heterocycles. The maximum Gasteiger partial charge on any atom is 0.300 e. The fourth-order valence-electron chi connectivity index (χ4n) is 2.48. The molecule has 6 heteroatoms. The summed E-state index contributed by atoms with van der Waals surface area (Å²) in [6.07, 6.45) is 0. The van der Waals surface area contributed by atoms with Crippen molar-refractivity contribution in [2.24, 2.45) is 0 Å². The van der Waals surface area contributed by atoms with E-state index in [2.05, 4.69) is 0 Å². The number of carbonyl (C=O) groups excluding carboxylic acids is 2. The smallest absolute Gasteiger partial charge is 0.300 e. The first-order valence-electron chi connectivity index (χ1n) is 7.19. The zero-order chi connectivity index (χ0) is 17.3. The van der Waals surface area contributed by atoms with E-state index in [4.69, 9.17) is 20.8 Å². The molecule has 0 aliphatic carbocycles. The standard InChI is InChI=1S/C18H14ClNO4/c1-11(21)20(14-7-4-3-6-13(14)19)18(22)17-10-12-15(23-2)8-5-9-16(12)24-17/h3-10H,1-2H3. The van der Waals surface area contributed by atoms with Gasteiger partial charge in [0.15, 0.2) is 5.76 Å². The van der Waals surface area contributed by atoms with Gasteiger partial charge in [0.2, 0.25) is 5.91 Å². The number of ether oxygens (including phenoxy) is 1. The van der Waals surface area contributed by atoms with Gasteiger partial charge < -0.3 is 9.15 Å². The number of halogens is 1. The van der Waals surface area contributed by atoms with Crippen LogP contribution in [-0.4, -0.2) is 18.9 Å². The first-order valence-corrected chi connectivity index (χ1v) is 7.57. The number of amides is 2. The van der Waals surface area contributed by atoms with Gasteiger partial charge in [-0.2, -0.15) is 0 Å². The lowest BCUT2D eigenvalue weighted by atomic mass is 10.2. The van der Waals surface area contributed by atoms with Crippen LogP contribution in [0.25, 0.3) is 11.0 Å². The van der Waals surface area contributed by atoms with Gasteiger partial charge in [-0.25, -0.2) is 4.90 Å². The van der Waals surface area contributed by atoms with Crippen molar-refractivity contribution in [1.82, 2.24) is 0 Å². The first-order chi connectivity index (χ1) is 11.5. The van der Waals surface area contributed by atoms with Crippen molar-refractivity contribution >= 4 is 40.1 Å². The SMILES string of the molecule is COc1cccc2oc(C(=O)N(C(C)=O)c3ccccc3Cl)cc12. The number of nitrogens with zero attached hydrogens (tertiary/aromatic N) is 1. The minimum Gasteiger partial charge on any atom is -0.496 e. The van der Waals surface area contributed by atoms with Crippen LogP contribution in [0, 0.1) is 0 Å². The normalized spacial score (nSPS) is 10.6. The van der Waals surface area contributed by atoms with E-state index in [0.717, 1.165) is 4.90 Å². The van der Waals surface area contributed by atoms with Crippen LogP contribution in [-0.2, 0) is 4.79 Å². The van der Waals surface area contributed by atoms with Gasteiger partial charge in [-0.1, -0.05) is 29.8 Å². The molecule has 0 fully saturated rings. The number of furan rings is 1. The number of hydrogen-bond acceptors (Lipinski definition) is 4. The molecule has 3 aromatic rings. The molecule has 3 rings (SSSR count). The van der Waals surface area contributed by atoms with Gasteiger partial charge in [0, 0.05) is 13.0 Å². The molecule has 2 aromatic carbocycles. The molecule has 0 aliphatic heterocycles. The molecule has 24 heavy (non-hydrogen) atoms. The van der Waals surface area contributed by atoms with Crippen molar-refractivity contribution < 1.29 is 18.7 Å². The third kappa shape index (κ3) is 2.74. The molecule has 0 atom stereocenters. The molecule has 2 amide bonds.